The lowest BCUT2D eigenvalue weighted by molar-refractivity contribution is 0.120. The lowest BCUT2D eigenvalue weighted by Crippen LogP contribution is -2.36. The monoisotopic (exact) mass is 211 g/mol. The van der Waals surface area contributed by atoms with Crippen molar-refractivity contribution in [2.75, 3.05) is 27.2 Å². The number of hydrogen-bond donors (Lipinski definition) is 1. The van der Waals surface area contributed by atoms with Crippen LogP contribution in [0.3, 0.4) is 0 Å². The molecule has 0 aromatic rings. The van der Waals surface area contributed by atoms with Crippen molar-refractivity contribution in [3.8, 4) is 0 Å². The molecule has 0 aromatic heterocycles. The molecule has 0 radical (unpaired) electrons. The van der Waals surface area contributed by atoms with E-state index in [1.807, 2.05) is 6.92 Å². The molecule has 5 nitrogen and oxygen atoms in total. The van der Waals surface area contributed by atoms with E-state index in [1.54, 1.807) is 11.9 Å². The maximum atomic E-state index is 10.7. The molecule has 0 spiro atoms. The van der Waals surface area contributed by atoms with E-state index in [0.717, 1.165) is 13.0 Å². The number of methoxy groups -OCH3 is 1. The van der Waals surface area contributed by atoms with Crippen LogP contribution in [-0.2, 0) is 14.9 Å². The Balaban J connectivity index is 4.14. The highest BCUT2D eigenvalue weighted by molar-refractivity contribution is 7.86. The summed E-state index contributed by atoms with van der Waals surface area (Å²) in [5.74, 6) is 0. The number of hydrogen-bond acceptors (Lipinski definition) is 4. The Bertz CT molecular complexity index is 227. The Morgan fingerprint density at radius 3 is 2.38 bits per heavy atom. The molecule has 0 amide bonds. The summed E-state index contributed by atoms with van der Waals surface area (Å²) in [4.78, 5) is 1.79. The Morgan fingerprint density at radius 1 is 1.54 bits per heavy atom. The van der Waals surface area contributed by atoms with Crippen LogP contribution in [-0.4, -0.2) is 50.6 Å². The second-order valence-electron chi connectivity index (χ2n) is 2.94. The number of likely N-dealkylation sites (N-methyl/N-ethyl adjacent to an activating group) is 1. The first-order valence-electron chi connectivity index (χ1n) is 4.09. The molecule has 0 aliphatic rings. The van der Waals surface area contributed by atoms with Gasteiger partial charge in [0.25, 0.3) is 10.1 Å². The van der Waals surface area contributed by atoms with Gasteiger partial charge in [-0.3, -0.25) is 4.55 Å². The van der Waals surface area contributed by atoms with Gasteiger partial charge < -0.3 is 9.64 Å². The normalized spacial score (nSPS) is 14.8. The van der Waals surface area contributed by atoms with Crippen molar-refractivity contribution in [3.05, 3.63) is 0 Å². The van der Waals surface area contributed by atoms with E-state index in [1.165, 1.54) is 7.11 Å². The van der Waals surface area contributed by atoms with Gasteiger partial charge in [-0.05, 0) is 20.0 Å². The highest BCUT2D eigenvalue weighted by atomic mass is 32.2. The quantitative estimate of drug-likeness (QED) is 0.635. The minimum atomic E-state index is -4.09. The summed E-state index contributed by atoms with van der Waals surface area (Å²) in [6.45, 7) is 2.95. The highest BCUT2D eigenvalue weighted by Gasteiger charge is 2.23. The van der Waals surface area contributed by atoms with Crippen LogP contribution in [0, 0.1) is 0 Å². The van der Waals surface area contributed by atoms with Gasteiger partial charge in [-0.2, -0.15) is 8.42 Å². The van der Waals surface area contributed by atoms with Crippen LogP contribution in [0.5, 0.6) is 0 Å². The lowest BCUT2D eigenvalue weighted by Gasteiger charge is -2.20. The Kier molecular flexibility index (Phi) is 5.46. The average Bonchev–Trinajstić information content (AvgIpc) is 1.98. The molecular weight excluding hydrogens is 194 g/mol. The molecular formula is C7H17NO4S. The van der Waals surface area contributed by atoms with Crippen LogP contribution in [0.1, 0.15) is 13.3 Å². The second kappa shape index (κ2) is 5.54. The van der Waals surface area contributed by atoms with Crippen molar-refractivity contribution in [2.24, 2.45) is 0 Å². The highest BCUT2D eigenvalue weighted by Crippen LogP contribution is 2.02. The van der Waals surface area contributed by atoms with Gasteiger partial charge in [0, 0.05) is 13.7 Å². The van der Waals surface area contributed by atoms with Crippen molar-refractivity contribution in [3.63, 3.8) is 0 Å². The first-order chi connectivity index (χ1) is 5.91. The summed E-state index contributed by atoms with van der Waals surface area (Å²) in [7, 11) is -1.05. The third kappa shape index (κ3) is 5.20. The molecule has 6 heteroatoms. The van der Waals surface area contributed by atoms with Crippen LogP contribution < -0.4 is 0 Å². The molecule has 0 saturated heterocycles. The van der Waals surface area contributed by atoms with Gasteiger partial charge in [-0.1, -0.05) is 6.92 Å². The summed E-state index contributed by atoms with van der Waals surface area (Å²) in [5, 5.41) is 0. The predicted octanol–water partition coefficient (Wildman–Crippen LogP) is 0.189. The third-order valence-electron chi connectivity index (χ3n) is 1.66. The molecule has 80 valence electrons. The fourth-order valence-corrected chi connectivity index (χ4v) is 1.70. The number of rotatable bonds is 6. The smallest absolute Gasteiger partial charge is 0.293 e. The zero-order chi connectivity index (χ0) is 10.5. The van der Waals surface area contributed by atoms with E-state index >= 15 is 0 Å². The van der Waals surface area contributed by atoms with Gasteiger partial charge in [0.05, 0.1) is 0 Å². The Labute approximate surface area is 79.4 Å². The standard InChI is InChI=1S/C7H17NO4S/c1-4-5-8(2)6-7(12-3)13(9,10)11/h7H,4-6H2,1-3H3,(H,9,10,11). The molecule has 1 unspecified atom stereocenters. The summed E-state index contributed by atoms with van der Waals surface area (Å²) < 4.78 is 34.8. The average molecular weight is 211 g/mol. The molecule has 13 heavy (non-hydrogen) atoms. The summed E-state index contributed by atoms with van der Waals surface area (Å²) in [5.41, 5.74) is -1.15. The van der Waals surface area contributed by atoms with Crippen LogP contribution in [0.15, 0.2) is 0 Å². The Morgan fingerprint density at radius 2 is 2.08 bits per heavy atom. The third-order valence-corrected chi connectivity index (χ3v) is 2.67. The molecule has 0 aliphatic carbocycles. The molecule has 0 aromatic carbocycles. The number of ether oxygens (including phenoxy) is 1. The fraction of sp³-hybridized carbons (Fsp3) is 1.00. The van der Waals surface area contributed by atoms with Gasteiger partial charge in [0.1, 0.15) is 0 Å². The van der Waals surface area contributed by atoms with Crippen LogP contribution >= 0.6 is 0 Å². The fourth-order valence-electron chi connectivity index (χ4n) is 1.02. The van der Waals surface area contributed by atoms with Gasteiger partial charge in [-0.25, -0.2) is 0 Å². The van der Waals surface area contributed by atoms with Crippen LogP contribution in [0.4, 0.5) is 0 Å². The van der Waals surface area contributed by atoms with E-state index < -0.39 is 15.6 Å². The van der Waals surface area contributed by atoms with Gasteiger partial charge in [0.15, 0.2) is 5.44 Å². The molecule has 0 heterocycles. The minimum absolute atomic E-state index is 0.184. The maximum Gasteiger partial charge on any atom is 0.293 e. The largest absolute Gasteiger partial charge is 0.362 e. The van der Waals surface area contributed by atoms with Crippen molar-refractivity contribution < 1.29 is 17.7 Å². The molecule has 0 rings (SSSR count). The van der Waals surface area contributed by atoms with Crippen molar-refractivity contribution >= 4 is 10.1 Å². The first kappa shape index (κ1) is 12.8. The predicted molar refractivity (Wildman–Crippen MR) is 50.1 cm³/mol. The second-order valence-corrected chi connectivity index (χ2v) is 4.50. The van der Waals surface area contributed by atoms with Crippen LogP contribution in [0.2, 0.25) is 0 Å². The zero-order valence-corrected chi connectivity index (χ0v) is 9.04. The zero-order valence-electron chi connectivity index (χ0n) is 8.23. The summed E-state index contributed by atoms with van der Waals surface area (Å²) >= 11 is 0. The summed E-state index contributed by atoms with van der Waals surface area (Å²) in [6, 6.07) is 0. The van der Waals surface area contributed by atoms with E-state index in [4.69, 9.17) is 4.55 Å². The van der Waals surface area contributed by atoms with E-state index in [-0.39, 0.29) is 6.54 Å². The first-order valence-corrected chi connectivity index (χ1v) is 5.59. The molecule has 1 N–H and O–H groups in total. The molecule has 0 fully saturated rings. The molecule has 0 saturated carbocycles. The van der Waals surface area contributed by atoms with Crippen LogP contribution in [0.25, 0.3) is 0 Å². The van der Waals surface area contributed by atoms with Gasteiger partial charge in [0.2, 0.25) is 0 Å². The SMILES string of the molecule is CCCN(C)CC(OC)S(=O)(=O)O. The summed E-state index contributed by atoms with van der Waals surface area (Å²) in [6.07, 6.45) is 0.929. The van der Waals surface area contributed by atoms with Crippen molar-refractivity contribution in [2.45, 2.75) is 18.8 Å². The lowest BCUT2D eigenvalue weighted by atomic mass is 10.4. The van der Waals surface area contributed by atoms with E-state index in [9.17, 15) is 8.42 Å². The molecule has 0 bridgehead atoms. The van der Waals surface area contributed by atoms with E-state index in [0.29, 0.717) is 0 Å². The van der Waals surface area contributed by atoms with Crippen molar-refractivity contribution in [1.82, 2.24) is 4.90 Å². The van der Waals surface area contributed by atoms with E-state index in [2.05, 4.69) is 4.74 Å². The molecule has 1 atom stereocenters. The Hall–Kier alpha value is -0.170. The van der Waals surface area contributed by atoms with Gasteiger partial charge in [-0.15, -0.1) is 0 Å². The van der Waals surface area contributed by atoms with Gasteiger partial charge >= 0.3 is 0 Å². The van der Waals surface area contributed by atoms with Crippen molar-refractivity contribution in [1.29, 1.82) is 0 Å². The topological polar surface area (TPSA) is 66.8 Å². The minimum Gasteiger partial charge on any atom is -0.362 e. The number of nitrogens with zero attached hydrogens (tertiary/aromatic N) is 1. The maximum absolute atomic E-state index is 10.7. The molecule has 0 aliphatic heterocycles.